The molecule has 0 fully saturated rings. The maximum absolute atomic E-state index is 10.00. The van der Waals surface area contributed by atoms with Crippen LogP contribution in [0.5, 0.6) is 0 Å². The average Bonchev–Trinajstić information content (AvgIpc) is 2.10. The van der Waals surface area contributed by atoms with Crippen molar-refractivity contribution in [2.45, 2.75) is 12.8 Å². The Morgan fingerprint density at radius 3 is 2.17 bits per heavy atom. The molecule has 0 aliphatic rings. The molecule has 0 saturated carbocycles. The van der Waals surface area contributed by atoms with E-state index in [9.17, 15) is 5.11 Å². The maximum Gasteiger partial charge on any atom is 0.0823 e. The molecule has 0 bridgehead atoms. The van der Waals surface area contributed by atoms with Gasteiger partial charge in [0.1, 0.15) is 0 Å². The largest absolute Gasteiger partial charge is 0.394 e. The van der Waals surface area contributed by atoms with Crippen molar-refractivity contribution in [2.75, 3.05) is 39.6 Å². The van der Waals surface area contributed by atoms with Gasteiger partial charge in [-0.1, -0.05) is 0 Å². The second-order valence-electron chi connectivity index (χ2n) is 2.36. The van der Waals surface area contributed by atoms with E-state index in [0.29, 0.717) is 32.8 Å². The van der Waals surface area contributed by atoms with Gasteiger partial charge in [0.15, 0.2) is 0 Å². The highest BCUT2D eigenvalue weighted by Gasteiger charge is 1.89. The summed E-state index contributed by atoms with van der Waals surface area (Å²) in [5.74, 6) is 0. The molecule has 4 heteroatoms. The van der Waals surface area contributed by atoms with Crippen LogP contribution >= 0.6 is 0 Å². The van der Waals surface area contributed by atoms with Crippen LogP contribution in [0.25, 0.3) is 0 Å². The number of hydrogen-bond donors (Lipinski definition) is 1. The lowest BCUT2D eigenvalue weighted by atomic mass is 10.3. The summed E-state index contributed by atoms with van der Waals surface area (Å²) in [5.41, 5.74) is 0. The third-order valence-corrected chi connectivity index (χ3v) is 1.29. The molecule has 0 saturated heterocycles. The van der Waals surface area contributed by atoms with Crippen molar-refractivity contribution in [1.82, 2.24) is 0 Å². The highest BCUT2D eigenvalue weighted by molar-refractivity contribution is 4.36. The van der Waals surface area contributed by atoms with Gasteiger partial charge < -0.3 is 14.6 Å². The molecule has 0 aromatic carbocycles. The third-order valence-electron chi connectivity index (χ3n) is 1.29. The van der Waals surface area contributed by atoms with Gasteiger partial charge in [0.25, 0.3) is 0 Å². The summed E-state index contributed by atoms with van der Waals surface area (Å²) in [6, 6.07) is 0. The number of ether oxygens (including phenoxy) is 2. The van der Waals surface area contributed by atoms with Crippen molar-refractivity contribution in [3.8, 4) is 0 Å². The van der Waals surface area contributed by atoms with E-state index in [1.54, 1.807) is 0 Å². The Kier molecular flexibility index (Phi) is 10.7. The molecule has 1 radical (unpaired) electrons. The molecule has 12 heavy (non-hydrogen) atoms. The van der Waals surface area contributed by atoms with Crippen LogP contribution in [0.2, 0.25) is 0 Å². The first-order valence-corrected chi connectivity index (χ1v) is 4.26. The lowest BCUT2D eigenvalue weighted by Gasteiger charge is -2.03. The zero-order valence-electron chi connectivity index (χ0n) is 7.33. The number of aliphatic hydroxyl groups is 1. The predicted octanol–water partition coefficient (Wildman–Crippen LogP) is 0.223. The zero-order chi connectivity index (χ0) is 9.07. The molecule has 1 N–H and O–H groups in total. The summed E-state index contributed by atoms with van der Waals surface area (Å²) in [6.07, 6.45) is 1.50. The molecular formula is C8H17O4. The smallest absolute Gasteiger partial charge is 0.0823 e. The van der Waals surface area contributed by atoms with E-state index in [1.807, 2.05) is 0 Å². The molecule has 0 aromatic rings. The first-order chi connectivity index (χ1) is 5.91. The Bertz CT molecular complexity index is 67.5. The lowest BCUT2D eigenvalue weighted by molar-refractivity contribution is 0.0306. The Hall–Kier alpha value is -0.160. The highest BCUT2D eigenvalue weighted by atomic mass is 16.5. The van der Waals surface area contributed by atoms with Gasteiger partial charge in [-0.25, -0.2) is 5.11 Å². The minimum atomic E-state index is -0.0234. The molecule has 4 nitrogen and oxygen atoms in total. The standard InChI is InChI=1S/C8H17O4/c9-3-1-2-5-11-7-8-12-6-4-10/h10H,1-8H2. The fourth-order valence-corrected chi connectivity index (χ4v) is 0.693. The van der Waals surface area contributed by atoms with Crippen molar-refractivity contribution in [3.63, 3.8) is 0 Å². The van der Waals surface area contributed by atoms with Crippen LogP contribution in [0.15, 0.2) is 0 Å². The van der Waals surface area contributed by atoms with Crippen molar-refractivity contribution in [3.05, 3.63) is 0 Å². The van der Waals surface area contributed by atoms with Crippen molar-refractivity contribution in [1.29, 1.82) is 0 Å². The van der Waals surface area contributed by atoms with Crippen LogP contribution in [0.4, 0.5) is 0 Å². The minimum Gasteiger partial charge on any atom is -0.394 e. The van der Waals surface area contributed by atoms with Crippen LogP contribution in [0, 0.1) is 0 Å². The quantitative estimate of drug-likeness (QED) is 0.513. The number of aliphatic hydroxyl groups excluding tert-OH is 1. The van der Waals surface area contributed by atoms with E-state index in [-0.39, 0.29) is 13.2 Å². The molecule has 0 aliphatic carbocycles. The zero-order valence-corrected chi connectivity index (χ0v) is 7.33. The highest BCUT2D eigenvalue weighted by Crippen LogP contribution is 1.88. The molecule has 0 aromatic heterocycles. The Morgan fingerprint density at radius 1 is 0.917 bits per heavy atom. The summed E-state index contributed by atoms with van der Waals surface area (Å²) < 4.78 is 10.1. The van der Waals surface area contributed by atoms with E-state index in [2.05, 4.69) is 0 Å². The summed E-state index contributed by atoms with van der Waals surface area (Å²) >= 11 is 0. The fourth-order valence-electron chi connectivity index (χ4n) is 0.693. The predicted molar refractivity (Wildman–Crippen MR) is 43.5 cm³/mol. The van der Waals surface area contributed by atoms with Crippen LogP contribution in [-0.4, -0.2) is 44.7 Å². The van der Waals surface area contributed by atoms with Crippen LogP contribution in [-0.2, 0) is 14.6 Å². The van der Waals surface area contributed by atoms with Crippen LogP contribution in [0.3, 0.4) is 0 Å². The van der Waals surface area contributed by atoms with Gasteiger partial charge in [-0.3, -0.25) is 0 Å². The molecule has 0 spiro atoms. The number of rotatable bonds is 9. The van der Waals surface area contributed by atoms with Gasteiger partial charge in [-0.15, -0.1) is 0 Å². The normalized spacial score (nSPS) is 10.5. The number of unbranched alkanes of at least 4 members (excludes halogenated alkanes) is 1. The van der Waals surface area contributed by atoms with Gasteiger partial charge in [0.05, 0.1) is 33.0 Å². The van der Waals surface area contributed by atoms with Crippen LogP contribution < -0.4 is 0 Å². The molecule has 73 valence electrons. The Labute approximate surface area is 73.1 Å². The molecule has 0 amide bonds. The topological polar surface area (TPSA) is 58.6 Å². The number of hydrogen-bond acceptors (Lipinski definition) is 3. The van der Waals surface area contributed by atoms with Crippen molar-refractivity contribution >= 4 is 0 Å². The lowest BCUT2D eigenvalue weighted by Crippen LogP contribution is -2.07. The molecule has 0 unspecified atom stereocenters. The second-order valence-corrected chi connectivity index (χ2v) is 2.36. The SMILES string of the molecule is [O]CCCCOCCOCCO. The van der Waals surface area contributed by atoms with Gasteiger partial charge in [-0.05, 0) is 12.8 Å². The van der Waals surface area contributed by atoms with Crippen molar-refractivity contribution < 1.29 is 19.7 Å². The fraction of sp³-hybridized carbons (Fsp3) is 1.00. The molecule has 0 aliphatic heterocycles. The van der Waals surface area contributed by atoms with E-state index in [1.165, 1.54) is 0 Å². The first kappa shape index (κ1) is 11.8. The summed E-state index contributed by atoms with van der Waals surface area (Å²) in [4.78, 5) is 0. The monoisotopic (exact) mass is 177 g/mol. The third kappa shape index (κ3) is 9.84. The Balaban J connectivity index is 2.73. The molecule has 0 atom stereocenters. The average molecular weight is 177 g/mol. The second kappa shape index (κ2) is 10.8. The maximum atomic E-state index is 10.00. The van der Waals surface area contributed by atoms with Gasteiger partial charge in [-0.2, -0.15) is 0 Å². The van der Waals surface area contributed by atoms with Gasteiger partial charge >= 0.3 is 0 Å². The van der Waals surface area contributed by atoms with E-state index in [4.69, 9.17) is 14.6 Å². The first-order valence-electron chi connectivity index (χ1n) is 4.26. The van der Waals surface area contributed by atoms with Crippen molar-refractivity contribution in [2.24, 2.45) is 0 Å². The Morgan fingerprint density at radius 2 is 1.58 bits per heavy atom. The van der Waals surface area contributed by atoms with Gasteiger partial charge in [0, 0.05) is 6.61 Å². The molecule has 0 heterocycles. The summed E-state index contributed by atoms with van der Waals surface area (Å²) in [6.45, 7) is 2.08. The van der Waals surface area contributed by atoms with Gasteiger partial charge in [0.2, 0.25) is 0 Å². The summed E-state index contributed by atoms with van der Waals surface area (Å²) in [7, 11) is 0. The van der Waals surface area contributed by atoms with E-state index >= 15 is 0 Å². The summed E-state index contributed by atoms with van der Waals surface area (Å²) in [5, 5.41) is 18.3. The van der Waals surface area contributed by atoms with E-state index in [0.717, 1.165) is 6.42 Å². The molecular weight excluding hydrogens is 160 g/mol. The molecule has 0 rings (SSSR count). The van der Waals surface area contributed by atoms with Crippen LogP contribution in [0.1, 0.15) is 12.8 Å². The minimum absolute atomic E-state index is 0.0234. The van der Waals surface area contributed by atoms with E-state index < -0.39 is 0 Å².